The van der Waals surface area contributed by atoms with Gasteiger partial charge in [-0.25, -0.2) is 0 Å². The molecular weight excluding hydrogens is 288 g/mol. The zero-order valence-corrected chi connectivity index (χ0v) is 17.5. The SMILES string of the molecule is CC(C)=CCC/C(C)=C/CC/C(C)=C/CC/C=C(\C)CCC(C)C. The van der Waals surface area contributed by atoms with Crippen LogP contribution in [0.2, 0.25) is 0 Å². The lowest BCUT2D eigenvalue weighted by Crippen LogP contribution is -1.87. The van der Waals surface area contributed by atoms with Gasteiger partial charge in [0.05, 0.1) is 0 Å². The molecule has 0 aliphatic heterocycles. The van der Waals surface area contributed by atoms with E-state index >= 15 is 0 Å². The molecule has 0 aliphatic rings. The molecule has 0 radical (unpaired) electrons. The summed E-state index contributed by atoms with van der Waals surface area (Å²) in [4.78, 5) is 0. The van der Waals surface area contributed by atoms with Gasteiger partial charge in [0.1, 0.15) is 0 Å². The van der Waals surface area contributed by atoms with Crippen LogP contribution in [0.5, 0.6) is 0 Å². The molecule has 0 atom stereocenters. The molecule has 0 nitrogen and oxygen atoms in total. The van der Waals surface area contributed by atoms with E-state index in [0.717, 1.165) is 5.92 Å². The van der Waals surface area contributed by atoms with Crippen molar-refractivity contribution in [2.45, 2.75) is 99.8 Å². The molecule has 0 aromatic rings. The maximum Gasteiger partial charge on any atom is -0.0288 e. The summed E-state index contributed by atoms with van der Waals surface area (Å²) in [6.45, 7) is 15.8. The molecular formula is C24H42. The van der Waals surface area contributed by atoms with Gasteiger partial charge in [-0.15, -0.1) is 0 Å². The average Bonchev–Trinajstić information content (AvgIpc) is 2.49. The van der Waals surface area contributed by atoms with Crippen LogP contribution in [-0.4, -0.2) is 0 Å². The van der Waals surface area contributed by atoms with Crippen LogP contribution in [0.3, 0.4) is 0 Å². The van der Waals surface area contributed by atoms with Crippen LogP contribution in [-0.2, 0) is 0 Å². The van der Waals surface area contributed by atoms with Crippen LogP contribution in [0.25, 0.3) is 0 Å². The Hall–Kier alpha value is -1.04. The molecule has 0 heterocycles. The monoisotopic (exact) mass is 330 g/mol. The number of hydrogen-bond donors (Lipinski definition) is 0. The molecule has 138 valence electrons. The van der Waals surface area contributed by atoms with Crippen molar-refractivity contribution >= 4 is 0 Å². The second-order valence-electron chi connectivity index (χ2n) is 8.02. The van der Waals surface area contributed by atoms with Crippen molar-refractivity contribution in [3.8, 4) is 0 Å². The van der Waals surface area contributed by atoms with Crippen LogP contribution in [0.15, 0.2) is 46.6 Å². The highest BCUT2D eigenvalue weighted by molar-refractivity contribution is 5.06. The summed E-state index contributed by atoms with van der Waals surface area (Å²) >= 11 is 0. The summed E-state index contributed by atoms with van der Waals surface area (Å²) in [7, 11) is 0. The Balaban J connectivity index is 3.94. The minimum atomic E-state index is 0.814. The first-order valence-electron chi connectivity index (χ1n) is 9.91. The number of rotatable bonds is 12. The first-order chi connectivity index (χ1) is 11.3. The summed E-state index contributed by atoms with van der Waals surface area (Å²) in [5.74, 6) is 0.814. The average molecular weight is 331 g/mol. The van der Waals surface area contributed by atoms with E-state index in [4.69, 9.17) is 0 Å². The summed E-state index contributed by atoms with van der Waals surface area (Å²) in [6.07, 6.45) is 19.3. The van der Waals surface area contributed by atoms with Gasteiger partial charge in [-0.3, -0.25) is 0 Å². The fourth-order valence-electron chi connectivity index (χ4n) is 2.62. The number of unbranched alkanes of at least 4 members (excludes halogenated alkanes) is 1. The molecule has 0 fully saturated rings. The molecule has 0 aromatic carbocycles. The van der Waals surface area contributed by atoms with Gasteiger partial charge >= 0.3 is 0 Å². The normalized spacial score (nSPS) is 13.6. The summed E-state index contributed by atoms with van der Waals surface area (Å²) in [5.41, 5.74) is 6.06. The lowest BCUT2D eigenvalue weighted by atomic mass is 10.0. The second kappa shape index (κ2) is 14.3. The van der Waals surface area contributed by atoms with Gasteiger partial charge in [-0.1, -0.05) is 60.4 Å². The smallest absolute Gasteiger partial charge is 0.0288 e. The van der Waals surface area contributed by atoms with E-state index in [1.54, 1.807) is 5.57 Å². The van der Waals surface area contributed by atoms with Crippen molar-refractivity contribution in [1.82, 2.24) is 0 Å². The van der Waals surface area contributed by atoms with E-state index in [-0.39, 0.29) is 0 Å². The highest BCUT2D eigenvalue weighted by Crippen LogP contribution is 2.14. The molecule has 0 aromatic heterocycles. The van der Waals surface area contributed by atoms with Crippen molar-refractivity contribution in [3.63, 3.8) is 0 Å². The maximum absolute atomic E-state index is 2.43. The predicted octanol–water partition coefficient (Wildman–Crippen LogP) is 8.57. The highest BCUT2D eigenvalue weighted by atomic mass is 14.0. The van der Waals surface area contributed by atoms with E-state index in [0.29, 0.717) is 0 Å². The van der Waals surface area contributed by atoms with Gasteiger partial charge in [0.2, 0.25) is 0 Å². The molecule has 0 N–H and O–H groups in total. The largest absolute Gasteiger partial charge is 0.0856 e. The van der Waals surface area contributed by atoms with Crippen LogP contribution >= 0.6 is 0 Å². The van der Waals surface area contributed by atoms with Crippen LogP contribution in [0.1, 0.15) is 99.8 Å². The van der Waals surface area contributed by atoms with Crippen molar-refractivity contribution in [3.05, 3.63) is 46.6 Å². The third kappa shape index (κ3) is 15.8. The van der Waals surface area contributed by atoms with Crippen molar-refractivity contribution in [1.29, 1.82) is 0 Å². The minimum absolute atomic E-state index is 0.814. The van der Waals surface area contributed by atoms with Crippen LogP contribution in [0.4, 0.5) is 0 Å². The first kappa shape index (κ1) is 23.0. The summed E-state index contributed by atoms with van der Waals surface area (Å²) in [5, 5.41) is 0. The molecule has 0 saturated heterocycles. The maximum atomic E-state index is 2.43. The van der Waals surface area contributed by atoms with E-state index < -0.39 is 0 Å². The Morgan fingerprint density at radius 1 is 0.583 bits per heavy atom. The van der Waals surface area contributed by atoms with Crippen molar-refractivity contribution < 1.29 is 0 Å². The van der Waals surface area contributed by atoms with Gasteiger partial charge in [-0.2, -0.15) is 0 Å². The van der Waals surface area contributed by atoms with Crippen molar-refractivity contribution in [2.75, 3.05) is 0 Å². The molecule has 0 aliphatic carbocycles. The van der Waals surface area contributed by atoms with Crippen LogP contribution < -0.4 is 0 Å². The Kier molecular flexibility index (Phi) is 13.7. The van der Waals surface area contributed by atoms with Gasteiger partial charge in [-0.05, 0) is 91.9 Å². The number of allylic oxidation sites excluding steroid dienone is 8. The van der Waals surface area contributed by atoms with Crippen LogP contribution in [0, 0.1) is 5.92 Å². The van der Waals surface area contributed by atoms with Gasteiger partial charge in [0.25, 0.3) is 0 Å². The molecule has 24 heavy (non-hydrogen) atoms. The molecule has 0 heteroatoms. The predicted molar refractivity (Wildman–Crippen MR) is 112 cm³/mol. The number of hydrogen-bond acceptors (Lipinski definition) is 0. The second-order valence-corrected chi connectivity index (χ2v) is 8.02. The van der Waals surface area contributed by atoms with E-state index in [2.05, 4.69) is 72.8 Å². The molecule has 0 spiro atoms. The summed E-state index contributed by atoms with van der Waals surface area (Å²) < 4.78 is 0. The summed E-state index contributed by atoms with van der Waals surface area (Å²) in [6, 6.07) is 0. The Labute approximate surface area is 152 Å². The minimum Gasteiger partial charge on any atom is -0.0856 e. The van der Waals surface area contributed by atoms with Crippen molar-refractivity contribution in [2.24, 2.45) is 5.92 Å². The fourth-order valence-corrected chi connectivity index (χ4v) is 2.62. The molecule has 0 amide bonds. The third-order valence-electron chi connectivity index (χ3n) is 4.39. The quantitative estimate of drug-likeness (QED) is 0.248. The Morgan fingerprint density at radius 3 is 1.46 bits per heavy atom. The molecule has 0 unspecified atom stereocenters. The van der Waals surface area contributed by atoms with E-state index in [9.17, 15) is 0 Å². The first-order valence-corrected chi connectivity index (χ1v) is 9.91. The van der Waals surface area contributed by atoms with Gasteiger partial charge < -0.3 is 0 Å². The standard InChI is InChI=1S/C24H42/c1-20(2)12-10-15-23(6)17-11-16-22(5)13-8-9-14-24(7)19-18-21(3)4/h12-14,17,21H,8-11,15-16,18-19H2,1-7H3/b22-13+,23-17+,24-14+. The topological polar surface area (TPSA) is 0 Å². The molecule has 0 saturated carbocycles. The molecule has 0 bridgehead atoms. The van der Waals surface area contributed by atoms with Gasteiger partial charge in [0.15, 0.2) is 0 Å². The fraction of sp³-hybridized carbons (Fsp3) is 0.667. The highest BCUT2D eigenvalue weighted by Gasteiger charge is 1.95. The van der Waals surface area contributed by atoms with Gasteiger partial charge in [0, 0.05) is 0 Å². The lowest BCUT2D eigenvalue weighted by molar-refractivity contribution is 0.584. The zero-order chi connectivity index (χ0) is 18.4. The Bertz CT molecular complexity index is 437. The Morgan fingerprint density at radius 2 is 1.00 bits per heavy atom. The lowest BCUT2D eigenvalue weighted by Gasteiger charge is -2.04. The van der Waals surface area contributed by atoms with E-state index in [1.807, 2.05) is 0 Å². The third-order valence-corrected chi connectivity index (χ3v) is 4.39. The van der Waals surface area contributed by atoms with E-state index in [1.165, 1.54) is 68.1 Å². The zero-order valence-electron chi connectivity index (χ0n) is 17.5. The molecule has 0 rings (SSSR count).